The predicted molar refractivity (Wildman–Crippen MR) is 76.3 cm³/mol. The summed E-state index contributed by atoms with van der Waals surface area (Å²) in [5, 5.41) is 2.69. The van der Waals surface area contributed by atoms with Gasteiger partial charge in [-0.25, -0.2) is 0 Å². The van der Waals surface area contributed by atoms with Crippen molar-refractivity contribution in [3.63, 3.8) is 0 Å². The first-order valence-electron chi connectivity index (χ1n) is 5.61. The molecule has 0 bridgehead atoms. The molecule has 0 aliphatic rings. The topological polar surface area (TPSA) is 59.1 Å². The molecule has 1 amide bonds. The third-order valence-corrected chi connectivity index (χ3v) is 3.00. The fraction of sp³-hybridized carbons (Fsp3) is 0.0714. The molecule has 4 nitrogen and oxygen atoms in total. The average Bonchev–Trinajstić information content (AvgIpc) is 2.39. The van der Waals surface area contributed by atoms with Crippen molar-refractivity contribution in [3.8, 4) is 0 Å². The number of nitrogens with one attached hydrogen (secondary N) is 1. The second kappa shape index (κ2) is 5.75. The molecule has 0 aliphatic carbocycles. The number of amides is 1. The number of nitrogens with zero attached hydrogens (tertiary/aromatic N) is 1. The van der Waals surface area contributed by atoms with E-state index in [1.54, 1.807) is 36.4 Å². The zero-order chi connectivity index (χ0) is 13.8. The summed E-state index contributed by atoms with van der Waals surface area (Å²) in [6, 6.07) is 10.2. The fourth-order valence-electron chi connectivity index (χ4n) is 1.61. The number of carbonyl (C=O) groups is 2. The number of rotatable bonds is 3. The first-order valence-corrected chi connectivity index (χ1v) is 6.40. The molecule has 0 unspecified atom stereocenters. The Labute approximate surface area is 119 Å². The van der Waals surface area contributed by atoms with Crippen LogP contribution in [-0.2, 0) is 0 Å². The highest BCUT2D eigenvalue weighted by atomic mass is 79.9. The number of aromatic nitrogens is 1. The highest BCUT2D eigenvalue weighted by molar-refractivity contribution is 9.10. The second-order valence-corrected chi connectivity index (χ2v) is 4.83. The van der Waals surface area contributed by atoms with Crippen LogP contribution < -0.4 is 5.32 Å². The molecule has 19 heavy (non-hydrogen) atoms. The van der Waals surface area contributed by atoms with Gasteiger partial charge in [0.25, 0.3) is 5.91 Å². The van der Waals surface area contributed by atoms with Crippen molar-refractivity contribution in [1.29, 1.82) is 0 Å². The molecule has 96 valence electrons. The summed E-state index contributed by atoms with van der Waals surface area (Å²) in [5.74, 6) is -0.451. The number of halogens is 1. The second-order valence-electron chi connectivity index (χ2n) is 3.92. The quantitative estimate of drug-likeness (QED) is 0.883. The molecule has 2 aromatic rings. The SMILES string of the molecule is CC(=O)c1ccccc1NC(=O)c1cc(Br)ccn1. The smallest absolute Gasteiger partial charge is 0.274 e. The van der Waals surface area contributed by atoms with Gasteiger partial charge in [0.15, 0.2) is 5.78 Å². The number of hydrogen-bond donors (Lipinski definition) is 1. The molecule has 0 saturated heterocycles. The first kappa shape index (κ1) is 13.4. The van der Waals surface area contributed by atoms with E-state index in [0.29, 0.717) is 11.3 Å². The van der Waals surface area contributed by atoms with Crippen molar-refractivity contribution in [3.05, 3.63) is 58.3 Å². The molecule has 5 heteroatoms. The third kappa shape index (κ3) is 3.26. The van der Waals surface area contributed by atoms with Gasteiger partial charge in [-0.15, -0.1) is 0 Å². The number of carbonyl (C=O) groups excluding carboxylic acids is 2. The molecule has 0 aliphatic heterocycles. The van der Waals surface area contributed by atoms with Crippen LogP contribution in [0.15, 0.2) is 47.1 Å². The van der Waals surface area contributed by atoms with Gasteiger partial charge in [0, 0.05) is 16.2 Å². The lowest BCUT2D eigenvalue weighted by molar-refractivity contribution is 0.101. The Kier molecular flexibility index (Phi) is 4.06. The van der Waals surface area contributed by atoms with Crippen LogP contribution in [-0.4, -0.2) is 16.7 Å². The van der Waals surface area contributed by atoms with Crippen molar-refractivity contribution in [1.82, 2.24) is 4.98 Å². The Morgan fingerprint density at radius 1 is 1.21 bits per heavy atom. The molecule has 0 spiro atoms. The van der Waals surface area contributed by atoms with Crippen LogP contribution in [0.2, 0.25) is 0 Å². The number of para-hydroxylation sites is 1. The average molecular weight is 319 g/mol. The molecule has 1 aromatic heterocycles. The van der Waals surface area contributed by atoms with Crippen LogP contribution in [0.25, 0.3) is 0 Å². The van der Waals surface area contributed by atoms with E-state index in [9.17, 15) is 9.59 Å². The van der Waals surface area contributed by atoms with E-state index in [2.05, 4.69) is 26.2 Å². The van der Waals surface area contributed by atoms with E-state index in [1.807, 2.05) is 0 Å². The van der Waals surface area contributed by atoms with Gasteiger partial charge in [0.05, 0.1) is 5.69 Å². The van der Waals surface area contributed by atoms with Gasteiger partial charge in [0.1, 0.15) is 5.69 Å². The maximum Gasteiger partial charge on any atom is 0.274 e. The molecule has 2 rings (SSSR count). The van der Waals surface area contributed by atoms with Gasteiger partial charge in [0.2, 0.25) is 0 Å². The fourth-order valence-corrected chi connectivity index (χ4v) is 1.95. The van der Waals surface area contributed by atoms with Crippen molar-refractivity contribution < 1.29 is 9.59 Å². The molecular weight excluding hydrogens is 308 g/mol. The highest BCUT2D eigenvalue weighted by Crippen LogP contribution is 2.17. The van der Waals surface area contributed by atoms with Crippen molar-refractivity contribution in [2.75, 3.05) is 5.32 Å². The van der Waals surface area contributed by atoms with Gasteiger partial charge in [-0.2, -0.15) is 0 Å². The summed E-state index contributed by atoms with van der Waals surface area (Å²) in [4.78, 5) is 27.5. The Bertz CT molecular complexity index is 641. The molecule has 0 atom stereocenters. The van der Waals surface area contributed by atoms with E-state index in [1.165, 1.54) is 13.1 Å². The molecular formula is C14H11BrN2O2. The largest absolute Gasteiger partial charge is 0.320 e. The highest BCUT2D eigenvalue weighted by Gasteiger charge is 2.12. The summed E-state index contributed by atoms with van der Waals surface area (Å²) in [6.07, 6.45) is 1.54. The van der Waals surface area contributed by atoms with Crippen molar-refractivity contribution in [2.24, 2.45) is 0 Å². The Balaban J connectivity index is 2.27. The molecule has 0 saturated carbocycles. The molecule has 1 heterocycles. The van der Waals surface area contributed by atoms with Gasteiger partial charge in [-0.05, 0) is 31.2 Å². The monoisotopic (exact) mass is 318 g/mol. The third-order valence-electron chi connectivity index (χ3n) is 2.51. The van der Waals surface area contributed by atoms with Gasteiger partial charge in [-0.3, -0.25) is 14.6 Å². The normalized spacial score (nSPS) is 10.0. The number of pyridine rings is 1. The minimum atomic E-state index is -0.352. The van der Waals surface area contributed by atoms with E-state index < -0.39 is 0 Å². The van der Waals surface area contributed by atoms with Gasteiger partial charge < -0.3 is 5.32 Å². The molecule has 0 radical (unpaired) electrons. The number of benzene rings is 1. The Hall–Kier alpha value is -2.01. The Morgan fingerprint density at radius 3 is 2.63 bits per heavy atom. The number of ketones is 1. The first-order chi connectivity index (χ1) is 9.08. The van der Waals surface area contributed by atoms with Crippen LogP contribution in [0.3, 0.4) is 0 Å². The lowest BCUT2D eigenvalue weighted by atomic mass is 10.1. The number of hydrogen-bond acceptors (Lipinski definition) is 3. The number of Topliss-reactive ketones (excluding diaryl/α,β-unsaturated/α-hetero) is 1. The molecule has 0 fully saturated rings. The zero-order valence-corrected chi connectivity index (χ0v) is 11.8. The van der Waals surface area contributed by atoms with E-state index in [0.717, 1.165) is 4.47 Å². The van der Waals surface area contributed by atoms with Crippen LogP contribution >= 0.6 is 15.9 Å². The lowest BCUT2D eigenvalue weighted by Crippen LogP contribution is -2.15. The zero-order valence-electron chi connectivity index (χ0n) is 10.2. The summed E-state index contributed by atoms with van der Waals surface area (Å²) in [7, 11) is 0. The van der Waals surface area contributed by atoms with Crippen LogP contribution in [0.4, 0.5) is 5.69 Å². The molecule has 1 aromatic carbocycles. The minimum absolute atomic E-state index is 0.0990. The summed E-state index contributed by atoms with van der Waals surface area (Å²) in [6.45, 7) is 1.46. The van der Waals surface area contributed by atoms with Crippen molar-refractivity contribution in [2.45, 2.75) is 6.92 Å². The van der Waals surface area contributed by atoms with Gasteiger partial charge in [-0.1, -0.05) is 28.1 Å². The van der Waals surface area contributed by atoms with E-state index in [4.69, 9.17) is 0 Å². The molecule has 1 N–H and O–H groups in total. The summed E-state index contributed by atoms with van der Waals surface area (Å²) < 4.78 is 0.771. The minimum Gasteiger partial charge on any atom is -0.320 e. The number of anilines is 1. The maximum atomic E-state index is 12.0. The van der Waals surface area contributed by atoms with Crippen LogP contribution in [0, 0.1) is 0 Å². The summed E-state index contributed by atoms with van der Waals surface area (Å²) in [5.41, 5.74) is 1.25. The van der Waals surface area contributed by atoms with Crippen LogP contribution in [0.1, 0.15) is 27.8 Å². The summed E-state index contributed by atoms with van der Waals surface area (Å²) >= 11 is 3.28. The maximum absolute atomic E-state index is 12.0. The predicted octanol–water partition coefficient (Wildman–Crippen LogP) is 3.30. The van der Waals surface area contributed by atoms with Crippen LogP contribution in [0.5, 0.6) is 0 Å². The lowest BCUT2D eigenvalue weighted by Gasteiger charge is -2.08. The van der Waals surface area contributed by atoms with Gasteiger partial charge >= 0.3 is 0 Å². The van der Waals surface area contributed by atoms with Crippen molar-refractivity contribution >= 4 is 33.3 Å². The van der Waals surface area contributed by atoms with E-state index >= 15 is 0 Å². The van der Waals surface area contributed by atoms with E-state index in [-0.39, 0.29) is 17.4 Å². The Morgan fingerprint density at radius 2 is 1.95 bits per heavy atom. The standard InChI is InChI=1S/C14H11BrN2O2/c1-9(18)11-4-2-3-5-12(11)17-14(19)13-8-10(15)6-7-16-13/h2-8H,1H3,(H,17,19).